The standard InChI is InChI=1S/C25H21F3N4O3/c1-14-4-5-17(11-20(14)25(26,27)28)31-24(34)30-16-6-9-22(15(2)10-16)35-18-7-8-21-19(12-18)23(33)32(3)13-29-21/h4-13H,1-3H3,(H2,30,31,34). The molecular weight excluding hydrogens is 461 g/mol. The van der Waals surface area contributed by atoms with Crippen molar-refractivity contribution in [2.45, 2.75) is 20.0 Å². The van der Waals surface area contributed by atoms with Gasteiger partial charge < -0.3 is 19.9 Å². The quantitative estimate of drug-likeness (QED) is 0.373. The van der Waals surface area contributed by atoms with E-state index in [9.17, 15) is 22.8 Å². The number of hydrogen-bond acceptors (Lipinski definition) is 4. The molecule has 0 bridgehead atoms. The van der Waals surface area contributed by atoms with E-state index in [1.165, 1.54) is 30.0 Å². The number of anilines is 2. The minimum Gasteiger partial charge on any atom is -0.457 e. The number of halogens is 3. The molecule has 0 fully saturated rings. The van der Waals surface area contributed by atoms with Crippen molar-refractivity contribution in [1.29, 1.82) is 0 Å². The van der Waals surface area contributed by atoms with Crippen molar-refractivity contribution < 1.29 is 22.7 Å². The molecule has 2 amide bonds. The van der Waals surface area contributed by atoms with E-state index in [0.717, 1.165) is 6.07 Å². The Morgan fingerprint density at radius 2 is 1.63 bits per heavy atom. The summed E-state index contributed by atoms with van der Waals surface area (Å²) in [5, 5.41) is 5.43. The summed E-state index contributed by atoms with van der Waals surface area (Å²) in [6.07, 6.45) is -3.06. The van der Waals surface area contributed by atoms with E-state index in [-0.39, 0.29) is 16.8 Å². The maximum atomic E-state index is 13.1. The van der Waals surface area contributed by atoms with Crippen LogP contribution in [-0.4, -0.2) is 15.6 Å². The molecule has 4 rings (SSSR count). The third-order valence-corrected chi connectivity index (χ3v) is 5.35. The molecule has 7 nitrogen and oxygen atoms in total. The van der Waals surface area contributed by atoms with E-state index in [4.69, 9.17) is 4.74 Å². The molecule has 0 aliphatic heterocycles. The molecule has 0 spiro atoms. The van der Waals surface area contributed by atoms with Crippen molar-refractivity contribution in [3.63, 3.8) is 0 Å². The van der Waals surface area contributed by atoms with Gasteiger partial charge in [0.2, 0.25) is 0 Å². The maximum absolute atomic E-state index is 13.1. The molecule has 0 saturated carbocycles. The average molecular weight is 482 g/mol. The molecular formula is C25H21F3N4O3. The Kier molecular flexibility index (Phi) is 6.21. The summed E-state index contributed by atoms with van der Waals surface area (Å²) in [4.78, 5) is 28.9. The monoisotopic (exact) mass is 482 g/mol. The van der Waals surface area contributed by atoms with Gasteiger partial charge in [-0.25, -0.2) is 9.78 Å². The first kappa shape index (κ1) is 23.8. The second-order valence-electron chi connectivity index (χ2n) is 8.03. The third-order valence-electron chi connectivity index (χ3n) is 5.35. The second kappa shape index (κ2) is 9.13. The number of benzene rings is 3. The highest BCUT2D eigenvalue weighted by atomic mass is 19.4. The van der Waals surface area contributed by atoms with E-state index < -0.39 is 17.8 Å². The van der Waals surface area contributed by atoms with Crippen molar-refractivity contribution in [3.05, 3.63) is 88.0 Å². The predicted octanol–water partition coefficient (Wildman–Crippen LogP) is 6.01. The van der Waals surface area contributed by atoms with Gasteiger partial charge in [0.1, 0.15) is 11.5 Å². The van der Waals surface area contributed by atoms with Crippen LogP contribution in [0.2, 0.25) is 0 Å². The van der Waals surface area contributed by atoms with Crippen LogP contribution in [0.5, 0.6) is 11.5 Å². The maximum Gasteiger partial charge on any atom is 0.416 e. The number of nitrogens with zero attached hydrogens (tertiary/aromatic N) is 2. The van der Waals surface area contributed by atoms with E-state index in [2.05, 4.69) is 15.6 Å². The van der Waals surface area contributed by atoms with Crippen LogP contribution in [0.1, 0.15) is 16.7 Å². The second-order valence-corrected chi connectivity index (χ2v) is 8.03. The van der Waals surface area contributed by atoms with Gasteiger partial charge in [-0.3, -0.25) is 4.79 Å². The molecule has 0 saturated heterocycles. The lowest BCUT2D eigenvalue weighted by atomic mass is 10.1. The lowest BCUT2D eigenvalue weighted by molar-refractivity contribution is -0.138. The Bertz CT molecular complexity index is 1500. The molecule has 180 valence electrons. The number of amides is 2. The van der Waals surface area contributed by atoms with Crippen molar-refractivity contribution in [2.24, 2.45) is 7.05 Å². The van der Waals surface area contributed by atoms with Gasteiger partial charge in [0, 0.05) is 18.4 Å². The third kappa shape index (κ3) is 5.26. The molecule has 0 aliphatic carbocycles. The summed E-state index contributed by atoms with van der Waals surface area (Å²) in [6.45, 7) is 3.13. The van der Waals surface area contributed by atoms with Crippen molar-refractivity contribution >= 4 is 28.3 Å². The molecule has 0 atom stereocenters. The smallest absolute Gasteiger partial charge is 0.416 e. The zero-order chi connectivity index (χ0) is 25.3. The summed E-state index contributed by atoms with van der Waals surface area (Å²) in [7, 11) is 1.61. The van der Waals surface area contributed by atoms with Crippen molar-refractivity contribution in [2.75, 3.05) is 10.6 Å². The van der Waals surface area contributed by atoms with Gasteiger partial charge >= 0.3 is 12.2 Å². The number of aromatic nitrogens is 2. The van der Waals surface area contributed by atoms with E-state index >= 15 is 0 Å². The molecule has 1 heterocycles. The van der Waals surface area contributed by atoms with Gasteiger partial charge in [-0.15, -0.1) is 0 Å². The first-order valence-electron chi connectivity index (χ1n) is 10.5. The van der Waals surface area contributed by atoms with E-state index in [0.29, 0.717) is 33.7 Å². The predicted molar refractivity (Wildman–Crippen MR) is 127 cm³/mol. The Hall–Kier alpha value is -4.34. The molecule has 1 aromatic heterocycles. The van der Waals surface area contributed by atoms with Gasteiger partial charge in [0.05, 0.1) is 22.8 Å². The largest absolute Gasteiger partial charge is 0.457 e. The van der Waals surface area contributed by atoms with Gasteiger partial charge in [-0.1, -0.05) is 6.07 Å². The topological polar surface area (TPSA) is 85.2 Å². The number of nitrogens with one attached hydrogen (secondary N) is 2. The first-order chi connectivity index (χ1) is 16.5. The molecule has 3 aromatic carbocycles. The van der Waals surface area contributed by atoms with Crippen LogP contribution in [0, 0.1) is 13.8 Å². The fourth-order valence-corrected chi connectivity index (χ4v) is 3.52. The molecule has 0 unspecified atom stereocenters. The van der Waals surface area contributed by atoms with E-state index in [1.807, 2.05) is 0 Å². The Balaban J connectivity index is 1.47. The number of fused-ring (bicyclic) bond motifs is 1. The van der Waals surface area contributed by atoms with Crippen LogP contribution in [0.3, 0.4) is 0 Å². The van der Waals surface area contributed by atoms with Crippen LogP contribution in [0.15, 0.2) is 65.7 Å². The lowest BCUT2D eigenvalue weighted by Gasteiger charge is -2.14. The Morgan fingerprint density at radius 1 is 0.943 bits per heavy atom. The first-order valence-corrected chi connectivity index (χ1v) is 10.5. The fourth-order valence-electron chi connectivity index (χ4n) is 3.52. The number of urea groups is 1. The molecule has 0 aliphatic rings. The summed E-state index contributed by atoms with van der Waals surface area (Å²) in [5.74, 6) is 0.952. The fraction of sp³-hybridized carbons (Fsp3) is 0.160. The summed E-state index contributed by atoms with van der Waals surface area (Å²) >= 11 is 0. The number of alkyl halides is 3. The number of carbonyl (C=O) groups is 1. The zero-order valence-electron chi connectivity index (χ0n) is 19.0. The average Bonchev–Trinajstić information content (AvgIpc) is 2.79. The van der Waals surface area contributed by atoms with Gasteiger partial charge in [0.25, 0.3) is 5.56 Å². The Morgan fingerprint density at radius 3 is 2.31 bits per heavy atom. The van der Waals surface area contributed by atoms with E-state index in [1.54, 1.807) is 50.4 Å². The van der Waals surface area contributed by atoms with Crippen molar-refractivity contribution in [1.82, 2.24) is 9.55 Å². The molecule has 2 N–H and O–H groups in total. The number of ether oxygens (including phenoxy) is 1. The summed E-state index contributed by atoms with van der Waals surface area (Å²) in [5.41, 5.74) is 0.753. The molecule has 35 heavy (non-hydrogen) atoms. The highest BCUT2D eigenvalue weighted by molar-refractivity contribution is 6.00. The van der Waals surface area contributed by atoms with Crippen LogP contribution in [-0.2, 0) is 13.2 Å². The van der Waals surface area contributed by atoms with Gasteiger partial charge in [0.15, 0.2) is 0 Å². The number of carbonyl (C=O) groups excluding carboxylic acids is 1. The minimum absolute atomic E-state index is 0.0223. The van der Waals surface area contributed by atoms with Crippen LogP contribution >= 0.6 is 0 Å². The summed E-state index contributed by atoms with van der Waals surface area (Å²) < 4.78 is 46.6. The number of rotatable bonds is 4. The minimum atomic E-state index is -4.51. The highest BCUT2D eigenvalue weighted by Gasteiger charge is 2.32. The summed E-state index contributed by atoms with van der Waals surface area (Å²) in [6, 6.07) is 12.8. The Labute approximate surface area is 198 Å². The zero-order valence-corrected chi connectivity index (χ0v) is 19.0. The number of aryl methyl sites for hydroxylation is 3. The number of hydrogen-bond donors (Lipinski definition) is 2. The molecule has 4 aromatic rings. The van der Waals surface area contributed by atoms with Gasteiger partial charge in [-0.05, 0) is 73.5 Å². The SMILES string of the molecule is Cc1cc(NC(=O)Nc2ccc(C)c(C(F)(F)F)c2)ccc1Oc1ccc2ncn(C)c(=O)c2c1. The van der Waals surface area contributed by atoms with Crippen LogP contribution in [0.4, 0.5) is 29.3 Å². The van der Waals surface area contributed by atoms with Crippen LogP contribution in [0.25, 0.3) is 10.9 Å². The highest BCUT2D eigenvalue weighted by Crippen LogP contribution is 2.33. The molecule has 0 radical (unpaired) electrons. The van der Waals surface area contributed by atoms with Crippen LogP contribution < -0.4 is 20.9 Å². The lowest BCUT2D eigenvalue weighted by Crippen LogP contribution is -2.20. The van der Waals surface area contributed by atoms with Gasteiger partial charge in [-0.2, -0.15) is 13.2 Å². The van der Waals surface area contributed by atoms with Crippen molar-refractivity contribution in [3.8, 4) is 11.5 Å². The normalized spacial score (nSPS) is 11.4. The molecule has 10 heteroatoms.